The number of nitrogens with one attached hydrogen (secondary N) is 1. The smallest absolute Gasteiger partial charge is 0.238 e. The summed E-state index contributed by atoms with van der Waals surface area (Å²) in [6.07, 6.45) is 0. The van der Waals surface area contributed by atoms with E-state index < -0.39 is 0 Å². The Morgan fingerprint density at radius 3 is 2.65 bits per heavy atom. The van der Waals surface area contributed by atoms with Crippen LogP contribution in [0.5, 0.6) is 0 Å². The van der Waals surface area contributed by atoms with Crippen LogP contribution in [0, 0.1) is 0 Å². The molecule has 5 nitrogen and oxygen atoms in total. The van der Waals surface area contributed by atoms with E-state index in [0.29, 0.717) is 19.1 Å². The van der Waals surface area contributed by atoms with Crippen LogP contribution in [-0.2, 0) is 11.3 Å². The molecule has 1 amide bonds. The van der Waals surface area contributed by atoms with Gasteiger partial charge < -0.3 is 16.0 Å². The quantitative estimate of drug-likeness (QED) is 0.850. The highest BCUT2D eigenvalue weighted by molar-refractivity contribution is 5.92. The van der Waals surface area contributed by atoms with Gasteiger partial charge in [0.2, 0.25) is 5.91 Å². The zero-order valence-corrected chi connectivity index (χ0v) is 12.3. The highest BCUT2D eigenvalue weighted by atomic mass is 16.2. The number of amides is 1. The van der Waals surface area contributed by atoms with Crippen LogP contribution in [-0.4, -0.2) is 55.0 Å². The summed E-state index contributed by atoms with van der Waals surface area (Å²) in [5.41, 5.74) is 7.45. The third-order valence-electron chi connectivity index (χ3n) is 3.79. The average Bonchev–Trinajstić information content (AvgIpc) is 2.43. The van der Waals surface area contributed by atoms with Gasteiger partial charge in [-0.3, -0.25) is 9.69 Å². The zero-order valence-electron chi connectivity index (χ0n) is 12.3. The summed E-state index contributed by atoms with van der Waals surface area (Å²) in [6.45, 7) is 6.11. The SMILES string of the molecule is CC1CN(C)CCN1CC(=O)Nc1ccc(CN)cc1. The van der Waals surface area contributed by atoms with Gasteiger partial charge in [0.1, 0.15) is 0 Å². The van der Waals surface area contributed by atoms with Crippen LogP contribution >= 0.6 is 0 Å². The summed E-state index contributed by atoms with van der Waals surface area (Å²) in [4.78, 5) is 16.6. The van der Waals surface area contributed by atoms with E-state index in [1.165, 1.54) is 0 Å². The van der Waals surface area contributed by atoms with Gasteiger partial charge in [-0.15, -0.1) is 0 Å². The van der Waals surface area contributed by atoms with Gasteiger partial charge in [0.25, 0.3) is 0 Å². The van der Waals surface area contributed by atoms with Crippen molar-refractivity contribution < 1.29 is 4.79 Å². The standard InChI is InChI=1S/C15H24N4O/c1-12-10-18(2)7-8-19(12)11-15(20)17-14-5-3-13(9-16)4-6-14/h3-6,12H,7-11,16H2,1-2H3,(H,17,20). The van der Waals surface area contributed by atoms with E-state index in [2.05, 4.69) is 29.1 Å². The van der Waals surface area contributed by atoms with Crippen molar-refractivity contribution in [2.75, 3.05) is 38.5 Å². The van der Waals surface area contributed by atoms with Gasteiger partial charge in [0.05, 0.1) is 6.54 Å². The Labute approximate surface area is 120 Å². The van der Waals surface area contributed by atoms with Crippen molar-refractivity contribution in [3.63, 3.8) is 0 Å². The molecular formula is C15H24N4O. The molecule has 1 atom stereocenters. The van der Waals surface area contributed by atoms with Gasteiger partial charge in [-0.2, -0.15) is 0 Å². The number of nitrogens with zero attached hydrogens (tertiary/aromatic N) is 2. The maximum absolute atomic E-state index is 12.1. The van der Waals surface area contributed by atoms with Gasteiger partial charge in [-0.1, -0.05) is 12.1 Å². The highest BCUT2D eigenvalue weighted by Gasteiger charge is 2.23. The minimum atomic E-state index is 0.0434. The van der Waals surface area contributed by atoms with Gasteiger partial charge in [-0.25, -0.2) is 0 Å². The van der Waals surface area contributed by atoms with Crippen molar-refractivity contribution >= 4 is 11.6 Å². The molecule has 0 spiro atoms. The molecule has 0 bridgehead atoms. The summed E-state index contributed by atoms with van der Waals surface area (Å²) in [7, 11) is 2.12. The lowest BCUT2D eigenvalue weighted by molar-refractivity contribution is -0.118. The summed E-state index contributed by atoms with van der Waals surface area (Å²) in [5, 5.41) is 2.94. The van der Waals surface area contributed by atoms with Crippen LogP contribution in [0.3, 0.4) is 0 Å². The molecule has 0 saturated carbocycles. The van der Waals surface area contributed by atoms with E-state index in [1.54, 1.807) is 0 Å². The second-order valence-electron chi connectivity index (χ2n) is 5.53. The zero-order chi connectivity index (χ0) is 14.5. The molecule has 3 N–H and O–H groups in total. The third-order valence-corrected chi connectivity index (χ3v) is 3.79. The lowest BCUT2D eigenvalue weighted by atomic mass is 10.2. The molecule has 110 valence electrons. The molecular weight excluding hydrogens is 252 g/mol. The van der Waals surface area contributed by atoms with Gasteiger partial charge >= 0.3 is 0 Å². The predicted octanol–water partition coefficient (Wildman–Crippen LogP) is 0.720. The first-order chi connectivity index (χ1) is 9.58. The number of hydrogen-bond donors (Lipinski definition) is 2. The maximum atomic E-state index is 12.1. The molecule has 0 radical (unpaired) electrons. The van der Waals surface area contributed by atoms with E-state index in [-0.39, 0.29) is 5.91 Å². The van der Waals surface area contributed by atoms with Crippen LogP contribution in [0.4, 0.5) is 5.69 Å². The minimum absolute atomic E-state index is 0.0434. The molecule has 0 aliphatic carbocycles. The number of likely N-dealkylation sites (N-methyl/N-ethyl adjacent to an activating group) is 1. The van der Waals surface area contributed by atoms with Gasteiger partial charge in [0.15, 0.2) is 0 Å². The Kier molecular flexibility index (Phi) is 5.11. The Morgan fingerprint density at radius 1 is 1.35 bits per heavy atom. The molecule has 0 aromatic heterocycles. The molecule has 1 heterocycles. The third kappa shape index (κ3) is 4.03. The number of hydrogen-bond acceptors (Lipinski definition) is 4. The molecule has 1 aromatic carbocycles. The molecule has 1 unspecified atom stereocenters. The molecule has 5 heteroatoms. The molecule has 1 saturated heterocycles. The van der Waals surface area contributed by atoms with Crippen molar-refractivity contribution in [2.45, 2.75) is 19.5 Å². The molecule has 1 aliphatic rings. The summed E-state index contributed by atoms with van der Waals surface area (Å²) < 4.78 is 0. The van der Waals surface area contributed by atoms with E-state index in [9.17, 15) is 4.79 Å². The lowest BCUT2D eigenvalue weighted by Gasteiger charge is -2.37. The number of rotatable bonds is 4. The van der Waals surface area contributed by atoms with Crippen LogP contribution in [0.2, 0.25) is 0 Å². The average molecular weight is 276 g/mol. The van der Waals surface area contributed by atoms with Crippen molar-refractivity contribution in [1.29, 1.82) is 0 Å². The Bertz CT molecular complexity index is 446. The van der Waals surface area contributed by atoms with E-state index >= 15 is 0 Å². The van der Waals surface area contributed by atoms with E-state index in [0.717, 1.165) is 30.9 Å². The van der Waals surface area contributed by atoms with E-state index in [1.807, 2.05) is 24.3 Å². The van der Waals surface area contributed by atoms with Crippen LogP contribution in [0.1, 0.15) is 12.5 Å². The number of piperazine rings is 1. The molecule has 1 aliphatic heterocycles. The van der Waals surface area contributed by atoms with Crippen LogP contribution < -0.4 is 11.1 Å². The van der Waals surface area contributed by atoms with Crippen molar-refractivity contribution in [3.8, 4) is 0 Å². The molecule has 1 aromatic rings. The molecule has 20 heavy (non-hydrogen) atoms. The summed E-state index contributed by atoms with van der Waals surface area (Å²) >= 11 is 0. The van der Waals surface area contributed by atoms with Crippen LogP contribution in [0.25, 0.3) is 0 Å². The fourth-order valence-electron chi connectivity index (χ4n) is 2.52. The number of benzene rings is 1. The second kappa shape index (κ2) is 6.83. The summed E-state index contributed by atoms with van der Waals surface area (Å²) in [5.74, 6) is 0.0434. The van der Waals surface area contributed by atoms with Crippen molar-refractivity contribution in [1.82, 2.24) is 9.80 Å². The van der Waals surface area contributed by atoms with E-state index in [4.69, 9.17) is 5.73 Å². The lowest BCUT2D eigenvalue weighted by Crippen LogP contribution is -2.52. The van der Waals surface area contributed by atoms with Gasteiger partial charge in [0, 0.05) is 37.9 Å². The fraction of sp³-hybridized carbons (Fsp3) is 0.533. The normalized spacial score (nSPS) is 20.9. The number of nitrogens with two attached hydrogens (primary N) is 1. The molecule has 2 rings (SSSR count). The first-order valence-electron chi connectivity index (χ1n) is 7.10. The second-order valence-corrected chi connectivity index (χ2v) is 5.53. The number of carbonyl (C=O) groups is 1. The Hall–Kier alpha value is -1.43. The Morgan fingerprint density at radius 2 is 2.05 bits per heavy atom. The Balaban J connectivity index is 1.85. The summed E-state index contributed by atoms with van der Waals surface area (Å²) in [6, 6.07) is 8.09. The maximum Gasteiger partial charge on any atom is 0.238 e. The fourth-order valence-corrected chi connectivity index (χ4v) is 2.52. The largest absolute Gasteiger partial charge is 0.326 e. The monoisotopic (exact) mass is 276 g/mol. The number of anilines is 1. The first kappa shape index (κ1) is 15.0. The van der Waals surface area contributed by atoms with Crippen LogP contribution in [0.15, 0.2) is 24.3 Å². The first-order valence-corrected chi connectivity index (χ1v) is 7.10. The topological polar surface area (TPSA) is 61.6 Å². The molecule has 1 fully saturated rings. The minimum Gasteiger partial charge on any atom is -0.326 e. The highest BCUT2D eigenvalue weighted by Crippen LogP contribution is 2.11. The number of carbonyl (C=O) groups excluding carboxylic acids is 1. The van der Waals surface area contributed by atoms with Crippen molar-refractivity contribution in [3.05, 3.63) is 29.8 Å². The van der Waals surface area contributed by atoms with Crippen molar-refractivity contribution in [2.24, 2.45) is 5.73 Å². The van der Waals surface area contributed by atoms with Gasteiger partial charge in [-0.05, 0) is 31.7 Å². The predicted molar refractivity (Wildman–Crippen MR) is 81.5 cm³/mol.